The summed E-state index contributed by atoms with van der Waals surface area (Å²) in [7, 11) is 0. The smallest absolute Gasteiger partial charge is 0.272 e. The Morgan fingerprint density at radius 1 is 1.79 bits per heavy atom. The van der Waals surface area contributed by atoms with Crippen molar-refractivity contribution in [1.29, 1.82) is 0 Å². The molecule has 0 aliphatic heterocycles. The predicted molar refractivity (Wildman–Crippen MR) is 53.2 cm³/mol. The molecule has 2 N–H and O–H groups in total. The van der Waals surface area contributed by atoms with Gasteiger partial charge >= 0.3 is 0 Å². The molecular formula is C8H13N3O2S. The van der Waals surface area contributed by atoms with E-state index in [-0.39, 0.29) is 12.0 Å². The Bertz CT molecular complexity index is 276. The highest BCUT2D eigenvalue weighted by Crippen LogP contribution is 1.98. The number of hydrogen-bond acceptors (Lipinski definition) is 5. The maximum atomic E-state index is 11.3. The van der Waals surface area contributed by atoms with Crippen LogP contribution in [0.25, 0.3) is 0 Å². The first kappa shape index (κ1) is 11.1. The number of aromatic nitrogens is 2. The summed E-state index contributed by atoms with van der Waals surface area (Å²) in [6.07, 6.45) is 0.928. The molecule has 78 valence electrons. The fraction of sp³-hybridized carbons (Fsp3) is 0.625. The highest BCUT2D eigenvalue weighted by Gasteiger charge is 2.08. The number of carbonyl (C=O) groups is 1. The number of nitrogens with zero attached hydrogens (tertiary/aromatic N) is 2. The Hall–Kier alpha value is -1.01. The van der Waals surface area contributed by atoms with Crippen molar-refractivity contribution >= 4 is 17.4 Å². The van der Waals surface area contributed by atoms with Gasteiger partial charge in [-0.25, -0.2) is 0 Å². The zero-order valence-corrected chi connectivity index (χ0v) is 8.75. The van der Waals surface area contributed by atoms with Crippen molar-refractivity contribution in [2.45, 2.75) is 25.9 Å². The van der Waals surface area contributed by atoms with E-state index in [4.69, 9.17) is 0 Å². The molecule has 1 heterocycles. The lowest BCUT2D eigenvalue weighted by Crippen LogP contribution is -2.27. The molecule has 1 atom stereocenters. The maximum absolute atomic E-state index is 11.3. The van der Waals surface area contributed by atoms with E-state index in [9.17, 15) is 9.90 Å². The molecule has 0 saturated heterocycles. The molecule has 6 heteroatoms. The second-order valence-corrected chi connectivity index (χ2v) is 3.51. The van der Waals surface area contributed by atoms with Crippen LogP contribution in [-0.2, 0) is 0 Å². The molecule has 1 rings (SSSR count). The van der Waals surface area contributed by atoms with E-state index in [2.05, 4.69) is 14.9 Å². The minimum absolute atomic E-state index is 0.234. The van der Waals surface area contributed by atoms with Crippen LogP contribution in [0.4, 0.5) is 0 Å². The van der Waals surface area contributed by atoms with Crippen molar-refractivity contribution in [3.05, 3.63) is 11.1 Å². The van der Waals surface area contributed by atoms with Crippen LogP contribution in [-0.4, -0.2) is 33.2 Å². The molecule has 0 aliphatic rings. The molecule has 0 aliphatic carbocycles. The Balaban J connectivity index is 2.23. The number of aliphatic hydroxyl groups excluding tert-OH is 1. The molecule has 0 radical (unpaired) electrons. The van der Waals surface area contributed by atoms with Gasteiger partial charge in [0.1, 0.15) is 0 Å². The second kappa shape index (κ2) is 5.66. The number of amides is 1. The zero-order chi connectivity index (χ0) is 10.4. The molecule has 0 bridgehead atoms. The molecular weight excluding hydrogens is 202 g/mol. The maximum Gasteiger partial charge on any atom is 0.272 e. The quantitative estimate of drug-likeness (QED) is 0.747. The van der Waals surface area contributed by atoms with Gasteiger partial charge in [0, 0.05) is 11.9 Å². The van der Waals surface area contributed by atoms with Gasteiger partial charge < -0.3 is 10.4 Å². The monoisotopic (exact) mass is 215 g/mol. The molecule has 0 fully saturated rings. The van der Waals surface area contributed by atoms with Gasteiger partial charge in [0.25, 0.3) is 5.91 Å². The van der Waals surface area contributed by atoms with Gasteiger partial charge in [-0.1, -0.05) is 11.4 Å². The van der Waals surface area contributed by atoms with Gasteiger partial charge in [-0.05, 0) is 24.4 Å². The Morgan fingerprint density at radius 3 is 3.14 bits per heavy atom. The minimum atomic E-state index is -0.344. The lowest BCUT2D eigenvalue weighted by Gasteiger charge is -2.07. The van der Waals surface area contributed by atoms with Crippen molar-refractivity contribution in [2.24, 2.45) is 0 Å². The highest BCUT2D eigenvalue weighted by atomic mass is 32.1. The molecule has 0 saturated carbocycles. The summed E-state index contributed by atoms with van der Waals surface area (Å²) in [5, 5.41) is 17.1. The molecule has 1 unspecified atom stereocenters. The summed E-state index contributed by atoms with van der Waals surface area (Å²) in [6.45, 7) is 2.36. The van der Waals surface area contributed by atoms with E-state index >= 15 is 0 Å². The first-order valence-electron chi connectivity index (χ1n) is 4.47. The number of nitrogens with one attached hydrogen (secondary N) is 1. The molecule has 5 nitrogen and oxygen atoms in total. The van der Waals surface area contributed by atoms with Crippen molar-refractivity contribution in [1.82, 2.24) is 14.9 Å². The van der Waals surface area contributed by atoms with E-state index in [0.29, 0.717) is 25.1 Å². The lowest BCUT2D eigenvalue weighted by atomic mass is 10.2. The summed E-state index contributed by atoms with van der Waals surface area (Å²) >= 11 is 1.14. The second-order valence-electron chi connectivity index (χ2n) is 2.90. The number of aliphatic hydroxyl groups is 1. The summed E-state index contributed by atoms with van der Waals surface area (Å²) in [5.41, 5.74) is 0.334. The van der Waals surface area contributed by atoms with Crippen molar-refractivity contribution < 1.29 is 9.90 Å². The van der Waals surface area contributed by atoms with E-state index in [1.807, 2.05) is 6.92 Å². The number of rotatable bonds is 5. The molecule has 1 amide bonds. The largest absolute Gasteiger partial charge is 0.393 e. The Morgan fingerprint density at radius 2 is 2.57 bits per heavy atom. The fourth-order valence-electron chi connectivity index (χ4n) is 0.911. The van der Waals surface area contributed by atoms with Crippen molar-refractivity contribution in [3.63, 3.8) is 0 Å². The third-order valence-corrected chi connectivity index (χ3v) is 2.33. The SMILES string of the molecule is CCC(O)CCNC(=O)c1csnn1. The van der Waals surface area contributed by atoms with Crippen LogP contribution < -0.4 is 5.32 Å². The van der Waals surface area contributed by atoms with E-state index in [0.717, 1.165) is 11.5 Å². The van der Waals surface area contributed by atoms with Gasteiger partial charge in [0.2, 0.25) is 0 Å². The summed E-state index contributed by atoms with van der Waals surface area (Å²) < 4.78 is 3.58. The topological polar surface area (TPSA) is 75.1 Å². The Kier molecular flexibility index (Phi) is 4.48. The predicted octanol–water partition coefficient (Wildman–Crippen LogP) is 0.429. The minimum Gasteiger partial charge on any atom is -0.393 e. The average Bonchev–Trinajstić information content (AvgIpc) is 2.70. The van der Waals surface area contributed by atoms with Crippen LogP contribution in [0.5, 0.6) is 0 Å². The van der Waals surface area contributed by atoms with E-state index < -0.39 is 0 Å². The zero-order valence-electron chi connectivity index (χ0n) is 7.93. The summed E-state index contributed by atoms with van der Waals surface area (Å²) in [5.74, 6) is -0.234. The normalized spacial score (nSPS) is 12.4. The van der Waals surface area contributed by atoms with E-state index in [1.165, 1.54) is 0 Å². The molecule has 0 aromatic carbocycles. The fourth-order valence-corrected chi connectivity index (χ4v) is 1.35. The molecule has 1 aromatic rings. The van der Waals surface area contributed by atoms with E-state index in [1.54, 1.807) is 5.38 Å². The lowest BCUT2D eigenvalue weighted by molar-refractivity contribution is 0.0937. The van der Waals surface area contributed by atoms with Gasteiger partial charge in [-0.15, -0.1) is 5.10 Å². The Labute approximate surface area is 86.3 Å². The first-order chi connectivity index (χ1) is 6.74. The van der Waals surface area contributed by atoms with Crippen molar-refractivity contribution in [3.8, 4) is 0 Å². The average molecular weight is 215 g/mol. The highest BCUT2D eigenvalue weighted by molar-refractivity contribution is 7.03. The summed E-state index contributed by atoms with van der Waals surface area (Å²) in [6, 6.07) is 0. The van der Waals surface area contributed by atoms with Crippen LogP contribution in [0.3, 0.4) is 0 Å². The summed E-state index contributed by atoms with van der Waals surface area (Å²) in [4.78, 5) is 11.3. The van der Waals surface area contributed by atoms with Gasteiger partial charge in [-0.2, -0.15) is 0 Å². The third-order valence-electron chi connectivity index (χ3n) is 1.83. The number of carbonyl (C=O) groups excluding carboxylic acids is 1. The molecule has 1 aromatic heterocycles. The van der Waals surface area contributed by atoms with Gasteiger partial charge in [0.15, 0.2) is 5.69 Å². The standard InChI is InChI=1S/C8H13N3O2S/c1-2-6(12)3-4-9-8(13)7-5-14-11-10-7/h5-6,12H,2-4H2,1H3,(H,9,13). The van der Waals surface area contributed by atoms with Crippen LogP contribution in [0.1, 0.15) is 30.3 Å². The first-order valence-corrected chi connectivity index (χ1v) is 5.31. The van der Waals surface area contributed by atoms with Crippen LogP contribution in [0, 0.1) is 0 Å². The van der Waals surface area contributed by atoms with Crippen LogP contribution in [0.15, 0.2) is 5.38 Å². The van der Waals surface area contributed by atoms with Gasteiger partial charge in [-0.3, -0.25) is 4.79 Å². The molecule has 0 spiro atoms. The van der Waals surface area contributed by atoms with Gasteiger partial charge in [0.05, 0.1) is 6.10 Å². The third kappa shape index (κ3) is 3.39. The van der Waals surface area contributed by atoms with Crippen molar-refractivity contribution in [2.75, 3.05) is 6.54 Å². The molecule has 14 heavy (non-hydrogen) atoms. The number of hydrogen-bond donors (Lipinski definition) is 2. The van der Waals surface area contributed by atoms with Crippen LogP contribution in [0.2, 0.25) is 0 Å². The van der Waals surface area contributed by atoms with Crippen LogP contribution >= 0.6 is 11.5 Å².